The number of aryl methyl sites for hydroxylation is 1. The minimum atomic E-state index is -1.45. The molecule has 0 aromatic carbocycles. The van der Waals surface area contributed by atoms with E-state index in [1.54, 1.807) is 19.1 Å². The van der Waals surface area contributed by atoms with E-state index in [1.165, 1.54) is 24.0 Å². The Bertz CT molecular complexity index is 1090. The van der Waals surface area contributed by atoms with Gasteiger partial charge in [-0.1, -0.05) is 22.9 Å². The molecule has 0 unspecified atom stereocenters. The maximum atomic E-state index is 13.9. The first kappa shape index (κ1) is 20.1. The van der Waals surface area contributed by atoms with Crippen LogP contribution >= 0.6 is 11.6 Å². The molecule has 0 aliphatic heterocycles. The third-order valence-corrected chi connectivity index (χ3v) is 4.19. The molecule has 0 aliphatic rings. The largest absolute Gasteiger partial charge is 0.478 e. The minimum Gasteiger partial charge on any atom is -0.478 e. The zero-order valence-electron chi connectivity index (χ0n) is 15.1. The molecule has 29 heavy (non-hydrogen) atoms. The average Bonchev–Trinajstić information content (AvgIpc) is 3.02. The van der Waals surface area contributed by atoms with Crippen molar-refractivity contribution in [1.82, 2.24) is 25.0 Å². The molecule has 0 aliphatic carbocycles. The van der Waals surface area contributed by atoms with Gasteiger partial charge in [-0.05, 0) is 25.1 Å². The Morgan fingerprint density at radius 1 is 1.34 bits per heavy atom. The van der Waals surface area contributed by atoms with Crippen molar-refractivity contribution in [2.24, 2.45) is 7.05 Å². The van der Waals surface area contributed by atoms with E-state index in [0.29, 0.717) is 5.56 Å². The third kappa shape index (κ3) is 4.29. The summed E-state index contributed by atoms with van der Waals surface area (Å²) in [4.78, 5) is 30.8. The van der Waals surface area contributed by atoms with Crippen molar-refractivity contribution in [2.45, 2.75) is 13.0 Å². The van der Waals surface area contributed by atoms with E-state index >= 15 is 0 Å². The smallest absolute Gasteiger partial charge is 0.413 e. The van der Waals surface area contributed by atoms with Gasteiger partial charge in [0.05, 0.1) is 5.69 Å². The van der Waals surface area contributed by atoms with Gasteiger partial charge in [-0.3, -0.25) is 5.32 Å². The lowest BCUT2D eigenvalue weighted by molar-refractivity contribution is 0.0690. The Hall–Kier alpha value is -3.60. The molecular weight excluding hydrogens is 407 g/mol. The summed E-state index contributed by atoms with van der Waals surface area (Å²) in [5.41, 5.74) is -0.0546. The molecule has 0 spiro atoms. The van der Waals surface area contributed by atoms with E-state index in [4.69, 9.17) is 21.4 Å². The van der Waals surface area contributed by atoms with Gasteiger partial charge in [-0.15, -0.1) is 5.10 Å². The predicted molar refractivity (Wildman–Crippen MR) is 98.9 cm³/mol. The fraction of sp³-hybridized carbons (Fsp3) is 0.176. The number of aromatic carboxylic acids is 1. The molecule has 3 heterocycles. The van der Waals surface area contributed by atoms with E-state index in [-0.39, 0.29) is 22.4 Å². The normalized spacial score (nSPS) is 11.7. The Labute approximate surface area is 168 Å². The van der Waals surface area contributed by atoms with Gasteiger partial charge >= 0.3 is 12.1 Å². The number of aromatic nitrogens is 5. The van der Waals surface area contributed by atoms with Gasteiger partial charge in [0.15, 0.2) is 11.5 Å². The van der Waals surface area contributed by atoms with E-state index in [2.05, 4.69) is 25.6 Å². The van der Waals surface area contributed by atoms with Crippen molar-refractivity contribution in [1.29, 1.82) is 0 Å². The van der Waals surface area contributed by atoms with Crippen LogP contribution in [-0.2, 0) is 11.8 Å². The highest BCUT2D eigenvalue weighted by Crippen LogP contribution is 2.26. The first-order valence-electron chi connectivity index (χ1n) is 8.16. The number of nitrogens with zero attached hydrogens (tertiary/aromatic N) is 5. The lowest BCUT2D eigenvalue weighted by Gasteiger charge is -2.15. The van der Waals surface area contributed by atoms with Gasteiger partial charge in [0.1, 0.15) is 16.8 Å². The van der Waals surface area contributed by atoms with E-state index < -0.39 is 29.7 Å². The Balaban J connectivity index is 1.81. The maximum Gasteiger partial charge on any atom is 0.413 e. The van der Waals surface area contributed by atoms with Crippen molar-refractivity contribution >= 4 is 29.5 Å². The van der Waals surface area contributed by atoms with Crippen LogP contribution in [-0.4, -0.2) is 42.1 Å². The quantitative estimate of drug-likeness (QED) is 0.602. The third-order valence-electron chi connectivity index (χ3n) is 3.88. The lowest BCUT2D eigenvalue weighted by atomic mass is 10.2. The second-order valence-electron chi connectivity index (χ2n) is 5.81. The second-order valence-corrected chi connectivity index (χ2v) is 6.16. The van der Waals surface area contributed by atoms with Crippen LogP contribution in [0, 0.1) is 5.95 Å². The van der Waals surface area contributed by atoms with Crippen LogP contribution < -0.4 is 5.32 Å². The number of pyridine rings is 2. The molecule has 2 N–H and O–H groups in total. The fourth-order valence-corrected chi connectivity index (χ4v) is 2.72. The van der Waals surface area contributed by atoms with Gasteiger partial charge in [-0.25, -0.2) is 24.2 Å². The molecule has 0 saturated carbocycles. The zero-order chi connectivity index (χ0) is 21.1. The molecule has 10 nitrogen and oxygen atoms in total. The Morgan fingerprint density at radius 2 is 2.10 bits per heavy atom. The van der Waals surface area contributed by atoms with Crippen LogP contribution in [0.1, 0.15) is 28.9 Å². The number of rotatable bonds is 5. The number of carbonyl (C=O) groups is 2. The summed E-state index contributed by atoms with van der Waals surface area (Å²) in [7, 11) is 1.50. The molecule has 0 radical (unpaired) electrons. The number of halogens is 2. The number of carboxylic acids is 1. The molecule has 3 aromatic heterocycles. The summed E-state index contributed by atoms with van der Waals surface area (Å²) in [6.07, 6.45) is -0.0357. The number of ether oxygens (including phenoxy) is 1. The zero-order valence-corrected chi connectivity index (χ0v) is 15.9. The monoisotopic (exact) mass is 420 g/mol. The van der Waals surface area contributed by atoms with E-state index in [1.807, 2.05) is 0 Å². The summed E-state index contributed by atoms with van der Waals surface area (Å²) < 4.78 is 20.4. The van der Waals surface area contributed by atoms with Crippen molar-refractivity contribution in [3.8, 4) is 11.4 Å². The van der Waals surface area contributed by atoms with Crippen LogP contribution in [0.5, 0.6) is 0 Å². The van der Waals surface area contributed by atoms with Crippen LogP contribution in [0.15, 0.2) is 30.5 Å². The van der Waals surface area contributed by atoms with Crippen molar-refractivity contribution in [2.75, 3.05) is 5.32 Å². The number of hydrogen-bond donors (Lipinski definition) is 2. The van der Waals surface area contributed by atoms with Gasteiger partial charge in [-0.2, -0.15) is 4.39 Å². The highest BCUT2D eigenvalue weighted by atomic mass is 35.5. The van der Waals surface area contributed by atoms with Crippen molar-refractivity contribution in [3.05, 3.63) is 52.7 Å². The fourth-order valence-electron chi connectivity index (χ4n) is 2.45. The first-order valence-corrected chi connectivity index (χ1v) is 8.53. The molecule has 0 bridgehead atoms. The number of nitrogens with one attached hydrogen (secondary N) is 1. The van der Waals surface area contributed by atoms with Gasteiger partial charge in [0.25, 0.3) is 0 Å². The summed E-state index contributed by atoms with van der Waals surface area (Å²) in [5.74, 6) is -2.56. The molecule has 150 valence electrons. The number of hydrogen-bond acceptors (Lipinski definition) is 7. The molecular formula is C17H14ClFN6O4. The predicted octanol–water partition coefficient (Wildman–Crippen LogP) is 3.07. The molecule has 0 fully saturated rings. The van der Waals surface area contributed by atoms with E-state index in [0.717, 1.165) is 6.07 Å². The molecule has 12 heteroatoms. The Kier molecular flexibility index (Phi) is 5.69. The maximum absolute atomic E-state index is 13.9. The van der Waals surface area contributed by atoms with Gasteiger partial charge < -0.3 is 9.84 Å². The van der Waals surface area contributed by atoms with Crippen LogP contribution in [0.3, 0.4) is 0 Å². The number of carboxylic acid groups (broad SMARTS) is 1. The summed E-state index contributed by atoms with van der Waals surface area (Å²) in [6.45, 7) is 1.62. The van der Waals surface area contributed by atoms with Crippen LogP contribution in [0.25, 0.3) is 11.4 Å². The first-order chi connectivity index (χ1) is 13.8. The van der Waals surface area contributed by atoms with Crippen molar-refractivity contribution in [3.63, 3.8) is 0 Å². The number of amides is 1. The molecule has 1 atom stereocenters. The average molecular weight is 421 g/mol. The topological polar surface area (TPSA) is 132 Å². The van der Waals surface area contributed by atoms with Crippen LogP contribution in [0.2, 0.25) is 5.15 Å². The Morgan fingerprint density at radius 3 is 2.76 bits per heavy atom. The van der Waals surface area contributed by atoms with Crippen LogP contribution in [0.4, 0.5) is 15.0 Å². The second kappa shape index (κ2) is 8.19. The molecule has 3 aromatic rings. The van der Waals surface area contributed by atoms with Crippen molar-refractivity contribution < 1.29 is 23.8 Å². The molecule has 1 amide bonds. The minimum absolute atomic E-state index is 0.0146. The van der Waals surface area contributed by atoms with Gasteiger partial charge in [0, 0.05) is 18.8 Å². The summed E-state index contributed by atoms with van der Waals surface area (Å²) in [6, 6.07) is 5.62. The highest BCUT2D eigenvalue weighted by molar-refractivity contribution is 6.30. The molecule has 3 rings (SSSR count). The number of carbonyl (C=O) groups excluding carboxylic acids is 1. The van der Waals surface area contributed by atoms with Gasteiger partial charge in [0.2, 0.25) is 5.95 Å². The lowest BCUT2D eigenvalue weighted by Crippen LogP contribution is -2.18. The summed E-state index contributed by atoms with van der Waals surface area (Å²) in [5, 5.41) is 19.2. The SMILES string of the molecule is C[C@@H](OC(=O)Nc1c(-c2ccc(C(=O)O)c(F)n2)nnn1C)c1cccnc1Cl. The summed E-state index contributed by atoms with van der Waals surface area (Å²) >= 11 is 5.99. The number of anilines is 1. The highest BCUT2D eigenvalue weighted by Gasteiger charge is 2.22. The standard InChI is InChI=1S/C17H14ClFN6O4/c1-8(9-4-3-7-20-13(9)18)29-17(28)22-15-12(23-24-25(15)2)11-6-5-10(16(26)27)14(19)21-11/h3-8H,1-2H3,(H,22,28)(H,26,27)/t8-/m1/s1. The molecule has 0 saturated heterocycles. The van der Waals surface area contributed by atoms with E-state index in [9.17, 15) is 14.0 Å².